The van der Waals surface area contributed by atoms with Gasteiger partial charge in [0.25, 0.3) is 0 Å². The molecule has 0 unspecified atom stereocenters. The predicted molar refractivity (Wildman–Crippen MR) is 50.5 cm³/mol. The molecule has 1 rings (SSSR count). The second-order valence-electron chi connectivity index (χ2n) is 3.14. The fourth-order valence-electron chi connectivity index (χ4n) is 1.45. The van der Waals surface area contributed by atoms with Gasteiger partial charge in [-0.1, -0.05) is 0 Å². The largest absolute Gasteiger partial charge is 0.484 e. The third kappa shape index (κ3) is 3.33. The molecule has 0 amide bonds. The molecule has 0 radical (unpaired) electrons. The minimum absolute atomic E-state index is 0.216. The zero-order chi connectivity index (χ0) is 10.4. The molecule has 0 aromatic carbocycles. The Morgan fingerprint density at radius 3 is 2.71 bits per heavy atom. The van der Waals surface area contributed by atoms with E-state index in [1.807, 2.05) is 0 Å². The summed E-state index contributed by atoms with van der Waals surface area (Å²) in [7, 11) is 1.52. The summed E-state index contributed by atoms with van der Waals surface area (Å²) in [4.78, 5) is 14.2. The summed E-state index contributed by atoms with van der Waals surface area (Å²) in [6, 6.07) is 0. The van der Waals surface area contributed by atoms with Gasteiger partial charge in [-0.15, -0.1) is 0 Å². The SMILES string of the molecule is CO/C(=N/CC(=O)O)C1CCOCC1. The van der Waals surface area contributed by atoms with Crippen molar-refractivity contribution in [3.8, 4) is 0 Å². The zero-order valence-corrected chi connectivity index (χ0v) is 8.23. The molecule has 1 N–H and O–H groups in total. The fourth-order valence-corrected chi connectivity index (χ4v) is 1.45. The maximum Gasteiger partial charge on any atom is 0.325 e. The molecule has 0 bridgehead atoms. The van der Waals surface area contributed by atoms with E-state index >= 15 is 0 Å². The van der Waals surface area contributed by atoms with Crippen molar-refractivity contribution in [1.82, 2.24) is 0 Å². The summed E-state index contributed by atoms with van der Waals surface area (Å²) < 4.78 is 10.3. The highest BCUT2D eigenvalue weighted by Gasteiger charge is 2.20. The summed E-state index contributed by atoms with van der Waals surface area (Å²) in [5, 5.41) is 8.47. The van der Waals surface area contributed by atoms with Gasteiger partial charge in [0, 0.05) is 19.1 Å². The standard InChI is InChI=1S/C9H15NO4/c1-13-9(10-6-8(11)12)7-2-4-14-5-3-7/h7H,2-6H2,1H3,(H,11,12)/b10-9+. The van der Waals surface area contributed by atoms with Crippen LogP contribution in [0.4, 0.5) is 0 Å². The van der Waals surface area contributed by atoms with E-state index in [9.17, 15) is 4.79 Å². The van der Waals surface area contributed by atoms with Crippen molar-refractivity contribution in [3.05, 3.63) is 0 Å². The highest BCUT2D eigenvalue weighted by atomic mass is 16.5. The van der Waals surface area contributed by atoms with Gasteiger partial charge in [0.15, 0.2) is 5.90 Å². The molecule has 5 heteroatoms. The smallest absolute Gasteiger partial charge is 0.325 e. The van der Waals surface area contributed by atoms with Crippen LogP contribution in [-0.4, -0.2) is 43.8 Å². The van der Waals surface area contributed by atoms with Gasteiger partial charge in [0.2, 0.25) is 0 Å². The van der Waals surface area contributed by atoms with E-state index in [1.165, 1.54) is 7.11 Å². The molecule has 1 aliphatic heterocycles. The van der Waals surface area contributed by atoms with Gasteiger partial charge in [-0.05, 0) is 12.8 Å². The summed E-state index contributed by atoms with van der Waals surface area (Å²) >= 11 is 0. The Morgan fingerprint density at radius 2 is 2.21 bits per heavy atom. The Morgan fingerprint density at radius 1 is 1.57 bits per heavy atom. The Bertz CT molecular complexity index is 221. The minimum Gasteiger partial charge on any atom is -0.484 e. The summed E-state index contributed by atoms with van der Waals surface area (Å²) in [5.41, 5.74) is 0. The minimum atomic E-state index is -0.938. The van der Waals surface area contributed by atoms with Crippen LogP contribution < -0.4 is 0 Å². The average molecular weight is 201 g/mol. The van der Waals surface area contributed by atoms with Crippen LogP contribution in [0.15, 0.2) is 4.99 Å². The van der Waals surface area contributed by atoms with Crippen molar-refractivity contribution in [2.45, 2.75) is 12.8 Å². The van der Waals surface area contributed by atoms with Crippen molar-refractivity contribution in [2.24, 2.45) is 10.9 Å². The van der Waals surface area contributed by atoms with E-state index in [2.05, 4.69) is 4.99 Å². The topological polar surface area (TPSA) is 68.1 Å². The lowest BCUT2D eigenvalue weighted by molar-refractivity contribution is -0.135. The first-order valence-corrected chi connectivity index (χ1v) is 4.62. The molecule has 0 saturated carbocycles. The lowest BCUT2D eigenvalue weighted by atomic mass is 10.0. The molecule has 1 saturated heterocycles. The van der Waals surface area contributed by atoms with Crippen molar-refractivity contribution < 1.29 is 19.4 Å². The number of ether oxygens (including phenoxy) is 2. The molecule has 80 valence electrons. The Kier molecular flexibility index (Phi) is 4.39. The van der Waals surface area contributed by atoms with Crippen LogP contribution in [0.25, 0.3) is 0 Å². The third-order valence-corrected chi connectivity index (χ3v) is 2.15. The zero-order valence-electron chi connectivity index (χ0n) is 8.23. The normalized spacial score (nSPS) is 19.4. The predicted octanol–water partition coefficient (Wildman–Crippen LogP) is 0.542. The average Bonchev–Trinajstić information content (AvgIpc) is 2.20. The second kappa shape index (κ2) is 5.59. The van der Waals surface area contributed by atoms with E-state index in [0.29, 0.717) is 19.1 Å². The molecule has 0 spiro atoms. The third-order valence-electron chi connectivity index (χ3n) is 2.15. The fraction of sp³-hybridized carbons (Fsp3) is 0.778. The van der Waals surface area contributed by atoms with Gasteiger partial charge >= 0.3 is 5.97 Å². The first-order chi connectivity index (χ1) is 6.74. The van der Waals surface area contributed by atoms with E-state index in [0.717, 1.165) is 12.8 Å². The van der Waals surface area contributed by atoms with Crippen LogP contribution >= 0.6 is 0 Å². The molecule has 5 nitrogen and oxygen atoms in total. The van der Waals surface area contributed by atoms with Crippen LogP contribution in [0.1, 0.15) is 12.8 Å². The van der Waals surface area contributed by atoms with E-state index in [-0.39, 0.29) is 12.5 Å². The molecule has 0 aromatic heterocycles. The van der Waals surface area contributed by atoms with Crippen LogP contribution in [0, 0.1) is 5.92 Å². The van der Waals surface area contributed by atoms with Crippen LogP contribution in [0.2, 0.25) is 0 Å². The summed E-state index contributed by atoms with van der Waals surface area (Å²) in [6.45, 7) is 1.17. The van der Waals surface area contributed by atoms with Crippen molar-refractivity contribution in [2.75, 3.05) is 26.9 Å². The van der Waals surface area contributed by atoms with Crippen LogP contribution in [-0.2, 0) is 14.3 Å². The van der Waals surface area contributed by atoms with Gasteiger partial charge in [-0.2, -0.15) is 0 Å². The van der Waals surface area contributed by atoms with E-state index in [4.69, 9.17) is 14.6 Å². The molecule has 0 aromatic rings. The van der Waals surface area contributed by atoms with E-state index < -0.39 is 5.97 Å². The molecule has 14 heavy (non-hydrogen) atoms. The lowest BCUT2D eigenvalue weighted by Gasteiger charge is -2.22. The number of methoxy groups -OCH3 is 1. The number of nitrogens with zero attached hydrogens (tertiary/aromatic N) is 1. The molecule has 1 aliphatic rings. The first-order valence-electron chi connectivity index (χ1n) is 4.62. The van der Waals surface area contributed by atoms with Crippen molar-refractivity contribution in [3.63, 3.8) is 0 Å². The van der Waals surface area contributed by atoms with Gasteiger partial charge < -0.3 is 14.6 Å². The van der Waals surface area contributed by atoms with Gasteiger partial charge in [-0.3, -0.25) is 4.79 Å². The Hall–Kier alpha value is -1.10. The van der Waals surface area contributed by atoms with Gasteiger partial charge in [0.1, 0.15) is 6.54 Å². The Labute approximate surface area is 82.7 Å². The molecule has 0 atom stereocenters. The highest BCUT2D eigenvalue weighted by Crippen LogP contribution is 2.16. The van der Waals surface area contributed by atoms with Crippen LogP contribution in [0.5, 0.6) is 0 Å². The molecular weight excluding hydrogens is 186 g/mol. The quantitative estimate of drug-likeness (QED) is 0.534. The van der Waals surface area contributed by atoms with Gasteiger partial charge in [0.05, 0.1) is 7.11 Å². The molecule has 1 heterocycles. The number of aliphatic imine (C=N–C) groups is 1. The monoisotopic (exact) mass is 201 g/mol. The molecule has 0 aliphatic carbocycles. The van der Waals surface area contributed by atoms with Crippen molar-refractivity contribution in [1.29, 1.82) is 0 Å². The maximum atomic E-state index is 10.3. The maximum absolute atomic E-state index is 10.3. The van der Waals surface area contributed by atoms with Gasteiger partial charge in [-0.25, -0.2) is 4.99 Å². The summed E-state index contributed by atoms with van der Waals surface area (Å²) in [6.07, 6.45) is 1.71. The van der Waals surface area contributed by atoms with Crippen LogP contribution in [0.3, 0.4) is 0 Å². The number of aliphatic carboxylic acids is 1. The lowest BCUT2D eigenvalue weighted by Crippen LogP contribution is -2.25. The molecule has 1 fully saturated rings. The number of carbonyl (C=O) groups is 1. The number of hydrogen-bond acceptors (Lipinski definition) is 4. The molecular formula is C9H15NO4. The number of carboxylic acid groups (broad SMARTS) is 1. The number of hydrogen-bond donors (Lipinski definition) is 1. The number of carboxylic acids is 1. The second-order valence-corrected chi connectivity index (χ2v) is 3.14. The highest BCUT2D eigenvalue weighted by molar-refractivity contribution is 5.81. The first kappa shape index (κ1) is 11.0. The van der Waals surface area contributed by atoms with E-state index in [1.54, 1.807) is 0 Å². The summed E-state index contributed by atoms with van der Waals surface area (Å²) in [5.74, 6) is -0.185. The number of rotatable bonds is 3. The Balaban J connectivity index is 2.50. The van der Waals surface area contributed by atoms with Crippen molar-refractivity contribution >= 4 is 11.9 Å².